The summed E-state index contributed by atoms with van der Waals surface area (Å²) < 4.78 is 0. The van der Waals surface area contributed by atoms with Gasteiger partial charge in [-0.1, -0.05) is 0 Å². The lowest BCUT2D eigenvalue weighted by molar-refractivity contribution is 0.0873. The highest BCUT2D eigenvalue weighted by Crippen LogP contribution is 2.27. The van der Waals surface area contributed by atoms with Gasteiger partial charge in [0.25, 0.3) is 0 Å². The molecule has 0 bridgehead atoms. The number of nitrogens with zero attached hydrogens (tertiary/aromatic N) is 2. The van der Waals surface area contributed by atoms with Gasteiger partial charge in [0.2, 0.25) is 0 Å². The molecule has 1 aromatic rings. The van der Waals surface area contributed by atoms with Crippen molar-refractivity contribution in [2.45, 2.75) is 6.92 Å². The van der Waals surface area contributed by atoms with E-state index in [9.17, 15) is 15.0 Å². The van der Waals surface area contributed by atoms with E-state index in [-0.39, 0.29) is 17.3 Å². The largest absolute Gasteiger partial charge is 0.508 e. The molecule has 0 saturated carbocycles. The van der Waals surface area contributed by atoms with Gasteiger partial charge in [0.15, 0.2) is 5.78 Å². The van der Waals surface area contributed by atoms with E-state index in [2.05, 4.69) is 16.8 Å². The van der Waals surface area contributed by atoms with E-state index in [4.69, 9.17) is 0 Å². The Morgan fingerprint density at radius 3 is 2.42 bits per heavy atom. The Hall–Kier alpha value is -1.59. The molecule has 2 rings (SSSR count). The Balaban J connectivity index is 2.08. The zero-order valence-electron chi connectivity index (χ0n) is 11.4. The highest BCUT2D eigenvalue weighted by atomic mass is 16.3. The molecule has 0 unspecified atom stereocenters. The van der Waals surface area contributed by atoms with Crippen LogP contribution in [0.3, 0.4) is 0 Å². The van der Waals surface area contributed by atoms with Gasteiger partial charge in [-0.3, -0.25) is 9.69 Å². The second-order valence-corrected chi connectivity index (χ2v) is 5.16. The maximum atomic E-state index is 12.3. The number of rotatable bonds is 3. The van der Waals surface area contributed by atoms with Crippen LogP contribution in [0.4, 0.5) is 0 Å². The summed E-state index contributed by atoms with van der Waals surface area (Å²) in [5.41, 5.74) is 0.924. The summed E-state index contributed by atoms with van der Waals surface area (Å²) in [6, 6.07) is 2.71. The van der Waals surface area contributed by atoms with E-state index in [1.807, 2.05) is 0 Å². The molecule has 0 radical (unpaired) electrons. The normalized spacial score (nSPS) is 17.6. The molecule has 1 saturated heterocycles. The van der Waals surface area contributed by atoms with Gasteiger partial charge in [0.05, 0.1) is 12.1 Å². The number of phenolic OH excluding ortho intramolecular Hbond substituents is 2. The molecule has 0 aromatic heterocycles. The molecule has 5 nitrogen and oxygen atoms in total. The number of benzene rings is 1. The number of aryl methyl sites for hydroxylation is 1. The third kappa shape index (κ3) is 3.24. The number of phenols is 2. The first kappa shape index (κ1) is 13.8. The monoisotopic (exact) mass is 264 g/mol. The fourth-order valence-corrected chi connectivity index (χ4v) is 2.40. The minimum absolute atomic E-state index is 0.0221. The summed E-state index contributed by atoms with van der Waals surface area (Å²) in [6.45, 7) is 5.66. The molecule has 1 aliphatic heterocycles. The zero-order valence-corrected chi connectivity index (χ0v) is 11.4. The number of aromatic hydroxyl groups is 2. The van der Waals surface area contributed by atoms with Crippen LogP contribution in [0.15, 0.2) is 12.1 Å². The van der Waals surface area contributed by atoms with E-state index in [1.54, 1.807) is 6.92 Å². The Morgan fingerprint density at radius 2 is 1.84 bits per heavy atom. The average Bonchev–Trinajstić information content (AvgIpc) is 2.30. The van der Waals surface area contributed by atoms with Gasteiger partial charge >= 0.3 is 0 Å². The number of Topliss-reactive ketones (excluding diaryl/α,β-unsaturated/α-hetero) is 1. The molecule has 19 heavy (non-hydrogen) atoms. The Morgan fingerprint density at radius 1 is 1.21 bits per heavy atom. The second-order valence-electron chi connectivity index (χ2n) is 5.16. The minimum atomic E-state index is -0.142. The first-order valence-corrected chi connectivity index (χ1v) is 6.44. The highest BCUT2D eigenvalue weighted by molar-refractivity contribution is 6.01. The molecule has 0 spiro atoms. The molecular formula is C14H20N2O3. The quantitative estimate of drug-likeness (QED) is 0.792. The smallest absolute Gasteiger partial charge is 0.180 e. The summed E-state index contributed by atoms with van der Waals surface area (Å²) in [7, 11) is 2.06. The summed E-state index contributed by atoms with van der Waals surface area (Å²) >= 11 is 0. The fraction of sp³-hybridized carbons (Fsp3) is 0.500. The van der Waals surface area contributed by atoms with Crippen molar-refractivity contribution in [3.8, 4) is 11.5 Å². The van der Waals surface area contributed by atoms with Crippen molar-refractivity contribution >= 4 is 5.78 Å². The lowest BCUT2D eigenvalue weighted by Gasteiger charge is -2.31. The molecule has 1 heterocycles. The molecule has 5 heteroatoms. The van der Waals surface area contributed by atoms with Crippen LogP contribution in [0.25, 0.3) is 0 Å². The van der Waals surface area contributed by atoms with Gasteiger partial charge in [-0.15, -0.1) is 0 Å². The van der Waals surface area contributed by atoms with Crippen molar-refractivity contribution in [3.63, 3.8) is 0 Å². The molecule has 0 aliphatic carbocycles. The second kappa shape index (κ2) is 5.59. The SMILES string of the molecule is Cc1cc(O)cc(O)c1C(=O)CN1CCN(C)CC1. The van der Waals surface area contributed by atoms with Crippen LogP contribution < -0.4 is 0 Å². The molecule has 1 aliphatic rings. The summed E-state index contributed by atoms with van der Waals surface area (Å²) in [4.78, 5) is 16.6. The van der Waals surface area contributed by atoms with Crippen LogP contribution >= 0.6 is 0 Å². The molecule has 104 valence electrons. The van der Waals surface area contributed by atoms with Gasteiger partial charge < -0.3 is 15.1 Å². The molecule has 0 atom stereocenters. The average molecular weight is 264 g/mol. The van der Waals surface area contributed by atoms with Crippen LogP contribution in [0, 0.1) is 6.92 Å². The number of hydrogen-bond acceptors (Lipinski definition) is 5. The summed E-state index contributed by atoms with van der Waals surface area (Å²) in [6.07, 6.45) is 0. The van der Waals surface area contributed by atoms with Crippen molar-refractivity contribution in [3.05, 3.63) is 23.3 Å². The van der Waals surface area contributed by atoms with E-state index in [0.717, 1.165) is 26.2 Å². The van der Waals surface area contributed by atoms with Gasteiger partial charge in [-0.25, -0.2) is 0 Å². The van der Waals surface area contributed by atoms with Crippen molar-refractivity contribution in [2.24, 2.45) is 0 Å². The molecule has 2 N–H and O–H groups in total. The standard InChI is InChI=1S/C14H20N2O3/c1-10-7-11(17)8-12(18)14(10)13(19)9-16-5-3-15(2)4-6-16/h7-8,17-18H,3-6,9H2,1-2H3. The Kier molecular flexibility index (Phi) is 4.07. The minimum Gasteiger partial charge on any atom is -0.508 e. The van der Waals surface area contributed by atoms with Crippen LogP contribution in [0.5, 0.6) is 11.5 Å². The van der Waals surface area contributed by atoms with Crippen LogP contribution in [0.1, 0.15) is 15.9 Å². The summed E-state index contributed by atoms with van der Waals surface area (Å²) in [5, 5.41) is 19.2. The zero-order chi connectivity index (χ0) is 14.0. The first-order chi connectivity index (χ1) is 8.97. The predicted octanol–water partition coefficient (Wildman–Crippen LogP) is 0.836. The number of hydrogen-bond donors (Lipinski definition) is 2. The van der Waals surface area contributed by atoms with Gasteiger partial charge in [0.1, 0.15) is 11.5 Å². The third-order valence-corrected chi connectivity index (χ3v) is 3.54. The lowest BCUT2D eigenvalue weighted by Crippen LogP contribution is -2.46. The predicted molar refractivity (Wildman–Crippen MR) is 72.8 cm³/mol. The van der Waals surface area contributed by atoms with E-state index >= 15 is 0 Å². The van der Waals surface area contributed by atoms with E-state index in [0.29, 0.717) is 17.7 Å². The maximum absolute atomic E-state index is 12.3. The molecular weight excluding hydrogens is 244 g/mol. The van der Waals surface area contributed by atoms with E-state index < -0.39 is 0 Å². The Bertz CT molecular complexity index is 457. The number of ketones is 1. The fourth-order valence-electron chi connectivity index (χ4n) is 2.40. The van der Waals surface area contributed by atoms with Crippen molar-refractivity contribution < 1.29 is 15.0 Å². The van der Waals surface area contributed by atoms with E-state index in [1.165, 1.54) is 12.1 Å². The van der Waals surface area contributed by atoms with Gasteiger partial charge in [-0.2, -0.15) is 0 Å². The van der Waals surface area contributed by atoms with Gasteiger partial charge in [-0.05, 0) is 25.6 Å². The topological polar surface area (TPSA) is 64.0 Å². The third-order valence-electron chi connectivity index (χ3n) is 3.54. The number of carbonyl (C=O) groups is 1. The van der Waals surface area contributed by atoms with Gasteiger partial charge in [0, 0.05) is 32.2 Å². The number of piperazine rings is 1. The molecule has 0 amide bonds. The van der Waals surface area contributed by atoms with Crippen LogP contribution in [0.2, 0.25) is 0 Å². The lowest BCUT2D eigenvalue weighted by atomic mass is 10.0. The maximum Gasteiger partial charge on any atom is 0.180 e. The highest BCUT2D eigenvalue weighted by Gasteiger charge is 2.21. The molecule has 1 fully saturated rings. The first-order valence-electron chi connectivity index (χ1n) is 6.44. The van der Waals surface area contributed by atoms with Crippen LogP contribution in [-0.2, 0) is 0 Å². The summed E-state index contributed by atoms with van der Waals surface area (Å²) in [5.74, 6) is -0.262. The van der Waals surface area contributed by atoms with Crippen LogP contribution in [-0.4, -0.2) is 65.6 Å². The van der Waals surface area contributed by atoms with Crippen molar-refractivity contribution in [1.29, 1.82) is 0 Å². The van der Waals surface area contributed by atoms with Crippen molar-refractivity contribution in [2.75, 3.05) is 39.8 Å². The molecule has 1 aromatic carbocycles. The Labute approximate surface area is 113 Å². The number of carbonyl (C=O) groups excluding carboxylic acids is 1. The number of likely N-dealkylation sites (N-methyl/N-ethyl adjacent to an activating group) is 1. The van der Waals surface area contributed by atoms with Crippen molar-refractivity contribution in [1.82, 2.24) is 9.80 Å².